The van der Waals surface area contributed by atoms with Gasteiger partial charge in [0.25, 0.3) is 0 Å². The van der Waals surface area contributed by atoms with Gasteiger partial charge in [0.15, 0.2) is 0 Å². The fourth-order valence-corrected chi connectivity index (χ4v) is 12.5. The van der Waals surface area contributed by atoms with E-state index in [-0.39, 0.29) is 11.8 Å². The maximum atomic E-state index is 6.41. The van der Waals surface area contributed by atoms with Gasteiger partial charge in [0.2, 0.25) is 0 Å². The summed E-state index contributed by atoms with van der Waals surface area (Å²) < 4.78 is 0. The average Bonchev–Trinajstić information content (AvgIpc) is 3.30. The van der Waals surface area contributed by atoms with Crippen LogP contribution in [0.15, 0.2) is 207 Å². The standard InChI is InChI=1S/C74H69N3/c1-11-64(76-65-28-20-17-23-48(65)7)63-43-57(41-53-32-30-46(5)31-33-53)69-68-55(40-54-34-36-58(75)37-35-54)38-50(9)67-61(51(10)77(12-2)66-29-21-18-24-49(66)8)42-56(39-52-25-14-13-15-26-52)70(73(67)68)72-62(59-27-19-16-22-47(59)6)44-60(45(3)4)71(63)74(69)72/h12-38,42-44,47,59H,2-3,10-11,39-41,75H2,1,4-9H3. The SMILES string of the molecule is C=CN(C(=C)c1cc(Cc2ccccc2)c2c3c(C4C=CC=CC4C)cc(C(=C)C)c4c(C(CC)=Nc5ccccc5C)cc(Cc5ccc(C)cc5)c(c5c(Cc6ccc(N)cc6)cc(C)c1c52)c43)c1ccccc1C. The number of nitrogens with two attached hydrogens (primary N) is 1. The highest BCUT2D eigenvalue weighted by atomic mass is 15.1. The molecule has 0 fully saturated rings. The average molecular weight is 1000 g/mol. The molecule has 3 nitrogen and oxygen atoms in total. The molecule has 77 heavy (non-hydrogen) atoms. The zero-order chi connectivity index (χ0) is 53.6. The monoisotopic (exact) mass is 1000 g/mol. The topological polar surface area (TPSA) is 41.6 Å². The van der Waals surface area contributed by atoms with E-state index in [2.05, 4.69) is 224 Å². The van der Waals surface area contributed by atoms with Crippen LogP contribution in [-0.4, -0.2) is 5.71 Å². The first kappa shape index (κ1) is 50.6. The lowest BCUT2D eigenvalue weighted by Gasteiger charge is -2.32. The fraction of sp³-hybridized carbons (Fsp3) is 0.176. The van der Waals surface area contributed by atoms with Crippen molar-refractivity contribution in [3.63, 3.8) is 0 Å². The van der Waals surface area contributed by atoms with Crippen LogP contribution in [0.3, 0.4) is 0 Å². The number of aliphatic imine (C=N–C) groups is 1. The highest BCUT2D eigenvalue weighted by Crippen LogP contribution is 2.53. The van der Waals surface area contributed by atoms with Crippen LogP contribution in [0.2, 0.25) is 0 Å². The van der Waals surface area contributed by atoms with E-state index in [1.165, 1.54) is 98.7 Å². The summed E-state index contributed by atoms with van der Waals surface area (Å²) in [6.45, 7) is 30.0. The number of aryl methyl sites for hydroxylation is 4. The van der Waals surface area contributed by atoms with Crippen molar-refractivity contribution in [2.24, 2.45) is 10.9 Å². The van der Waals surface area contributed by atoms with Gasteiger partial charge in [-0.3, -0.25) is 4.99 Å². The molecule has 1 aliphatic rings. The van der Waals surface area contributed by atoms with Gasteiger partial charge in [0, 0.05) is 46.0 Å². The molecule has 2 atom stereocenters. The van der Waals surface area contributed by atoms with Gasteiger partial charge in [-0.2, -0.15) is 0 Å². The van der Waals surface area contributed by atoms with E-state index in [4.69, 9.17) is 23.9 Å². The van der Waals surface area contributed by atoms with Crippen molar-refractivity contribution in [3.8, 4) is 0 Å². The lowest BCUT2D eigenvalue weighted by atomic mass is 9.73. The number of anilines is 2. The summed E-state index contributed by atoms with van der Waals surface area (Å²) in [5, 5.41) is 10.1. The van der Waals surface area contributed by atoms with Gasteiger partial charge in [-0.1, -0.05) is 178 Å². The van der Waals surface area contributed by atoms with Crippen LogP contribution in [0.25, 0.3) is 54.4 Å². The Morgan fingerprint density at radius 2 is 1.12 bits per heavy atom. The number of hydrogen-bond donors (Lipinski definition) is 1. The second kappa shape index (κ2) is 20.9. The molecule has 2 N–H and O–H groups in total. The lowest BCUT2D eigenvalue weighted by Crippen LogP contribution is -2.16. The molecule has 3 heteroatoms. The third-order valence-electron chi connectivity index (χ3n) is 16.3. The molecule has 0 radical (unpaired) electrons. The Bertz CT molecular complexity index is 4050. The third kappa shape index (κ3) is 9.29. The van der Waals surface area contributed by atoms with Gasteiger partial charge in [-0.15, -0.1) is 0 Å². The minimum Gasteiger partial charge on any atom is -0.399 e. The molecule has 0 spiro atoms. The number of para-hydroxylation sites is 2. The normalized spacial score (nSPS) is 14.6. The highest BCUT2D eigenvalue weighted by molar-refractivity contribution is 6.39. The van der Waals surface area contributed by atoms with Gasteiger partial charge in [-0.25, -0.2) is 0 Å². The lowest BCUT2D eigenvalue weighted by molar-refractivity contribution is 0.639. The zero-order valence-electron chi connectivity index (χ0n) is 45.9. The Kier molecular flexibility index (Phi) is 13.7. The highest BCUT2D eigenvalue weighted by Gasteiger charge is 2.32. The predicted molar refractivity (Wildman–Crippen MR) is 335 cm³/mol. The quantitative estimate of drug-likeness (QED) is 0.0481. The first-order valence-corrected chi connectivity index (χ1v) is 27.4. The summed E-state index contributed by atoms with van der Waals surface area (Å²) in [4.78, 5) is 7.85. The second-order valence-corrected chi connectivity index (χ2v) is 21.7. The Labute approximate surface area is 456 Å². The molecule has 10 aromatic carbocycles. The van der Waals surface area contributed by atoms with E-state index in [0.29, 0.717) is 12.8 Å². The van der Waals surface area contributed by atoms with Crippen molar-refractivity contribution in [1.29, 1.82) is 0 Å². The summed E-state index contributed by atoms with van der Waals surface area (Å²) in [7, 11) is 0. The maximum absolute atomic E-state index is 6.41. The molecule has 10 aromatic rings. The van der Waals surface area contributed by atoms with E-state index >= 15 is 0 Å². The molecule has 2 unspecified atom stereocenters. The summed E-state index contributed by atoms with van der Waals surface area (Å²) in [6, 6.07) is 55.7. The molecule has 0 heterocycles. The number of nitrogen functional groups attached to an aromatic ring is 1. The van der Waals surface area contributed by atoms with Gasteiger partial charge >= 0.3 is 0 Å². The van der Waals surface area contributed by atoms with Crippen LogP contribution < -0.4 is 10.6 Å². The van der Waals surface area contributed by atoms with Gasteiger partial charge < -0.3 is 10.6 Å². The van der Waals surface area contributed by atoms with Crippen molar-refractivity contribution >= 4 is 77.1 Å². The third-order valence-corrected chi connectivity index (χ3v) is 16.3. The van der Waals surface area contributed by atoms with Gasteiger partial charge in [-0.05, 0) is 213 Å². The summed E-state index contributed by atoms with van der Waals surface area (Å²) in [5.74, 6) is 0.328. The van der Waals surface area contributed by atoms with Crippen molar-refractivity contribution < 1.29 is 0 Å². The van der Waals surface area contributed by atoms with Crippen LogP contribution in [0, 0.1) is 33.6 Å². The Morgan fingerprint density at radius 3 is 1.74 bits per heavy atom. The molecule has 0 aromatic heterocycles. The zero-order valence-corrected chi connectivity index (χ0v) is 45.9. The van der Waals surface area contributed by atoms with Crippen LogP contribution in [0.1, 0.15) is 111 Å². The first-order valence-electron chi connectivity index (χ1n) is 27.4. The summed E-state index contributed by atoms with van der Waals surface area (Å²) >= 11 is 0. The Hall–Kier alpha value is -8.53. The minimum atomic E-state index is 0.0908. The first-order chi connectivity index (χ1) is 37.3. The molecule has 0 saturated carbocycles. The largest absolute Gasteiger partial charge is 0.399 e. The van der Waals surface area contributed by atoms with Gasteiger partial charge in [0.1, 0.15) is 0 Å². The number of benzene rings is 10. The summed E-state index contributed by atoms with van der Waals surface area (Å²) in [6.07, 6.45) is 14.1. The predicted octanol–water partition coefficient (Wildman–Crippen LogP) is 19.4. The molecule has 380 valence electrons. The molecule has 11 rings (SSSR count). The van der Waals surface area contributed by atoms with E-state index in [1.54, 1.807) is 0 Å². The second-order valence-electron chi connectivity index (χ2n) is 21.7. The van der Waals surface area contributed by atoms with Crippen molar-refractivity contribution in [1.82, 2.24) is 0 Å². The van der Waals surface area contributed by atoms with Crippen molar-refractivity contribution in [3.05, 3.63) is 280 Å². The number of hydrogen-bond acceptors (Lipinski definition) is 3. The van der Waals surface area contributed by atoms with Crippen LogP contribution in [0.4, 0.5) is 17.1 Å². The Balaban J connectivity index is 1.44. The maximum Gasteiger partial charge on any atom is 0.0662 e. The fourth-order valence-electron chi connectivity index (χ4n) is 12.5. The molecular weight excluding hydrogens is 931 g/mol. The van der Waals surface area contributed by atoms with E-state index < -0.39 is 0 Å². The smallest absolute Gasteiger partial charge is 0.0662 e. The molecular formula is C74H69N3. The van der Waals surface area contributed by atoms with E-state index in [9.17, 15) is 0 Å². The molecule has 0 bridgehead atoms. The molecule has 0 saturated heterocycles. The van der Waals surface area contributed by atoms with Crippen molar-refractivity contribution in [2.75, 3.05) is 10.6 Å². The van der Waals surface area contributed by atoms with Gasteiger partial charge in [0.05, 0.1) is 5.69 Å². The minimum absolute atomic E-state index is 0.0908. The number of allylic oxidation sites excluding steroid dienone is 5. The van der Waals surface area contributed by atoms with E-state index in [0.717, 1.165) is 69.1 Å². The van der Waals surface area contributed by atoms with Crippen molar-refractivity contribution in [2.45, 2.75) is 80.1 Å². The van der Waals surface area contributed by atoms with E-state index in [1.807, 2.05) is 18.3 Å². The Morgan fingerprint density at radius 1 is 0.558 bits per heavy atom. The molecule has 1 aliphatic carbocycles. The number of rotatable bonds is 15. The number of fused-ring (bicyclic) bond motifs is 2. The van der Waals surface area contributed by atoms with Crippen LogP contribution in [-0.2, 0) is 19.3 Å². The molecule has 0 amide bonds. The molecule has 0 aliphatic heterocycles. The van der Waals surface area contributed by atoms with Crippen LogP contribution >= 0.6 is 0 Å². The summed E-state index contributed by atoms with van der Waals surface area (Å²) in [5.41, 5.74) is 29.2. The van der Waals surface area contributed by atoms with Crippen LogP contribution in [0.5, 0.6) is 0 Å². The number of nitrogens with zero attached hydrogens (tertiary/aromatic N) is 2.